The minimum Gasteiger partial charge on any atom is -0.465 e. The normalized spacial score (nSPS) is 16.8. The van der Waals surface area contributed by atoms with E-state index < -0.39 is 0 Å². The molecule has 1 rings (SSSR count). The topological polar surface area (TPSA) is 65.4 Å². The van der Waals surface area contributed by atoms with Crippen LogP contribution in [0.3, 0.4) is 0 Å². The lowest BCUT2D eigenvalue weighted by Gasteiger charge is -2.26. The Morgan fingerprint density at radius 2 is 2.06 bits per heavy atom. The van der Waals surface area contributed by atoms with Crippen LogP contribution in [0.5, 0.6) is 0 Å². The number of hydrogen-bond donors (Lipinski definition) is 2. The Morgan fingerprint density at radius 3 is 2.71 bits per heavy atom. The molecule has 0 bridgehead atoms. The highest BCUT2D eigenvalue weighted by molar-refractivity contribution is 5.95. The highest BCUT2D eigenvalue weighted by Crippen LogP contribution is 1.98. The van der Waals surface area contributed by atoms with E-state index in [1.165, 1.54) is 0 Å². The van der Waals surface area contributed by atoms with E-state index in [1.54, 1.807) is 6.92 Å². The highest BCUT2D eigenvalue weighted by Gasteiger charge is 2.08. The molecule has 5 nitrogen and oxygen atoms in total. The largest absolute Gasteiger partial charge is 0.465 e. The van der Waals surface area contributed by atoms with Gasteiger partial charge in [-0.3, -0.25) is 4.79 Å². The average molecular weight is 241 g/mol. The third kappa shape index (κ3) is 7.07. The van der Waals surface area contributed by atoms with E-state index >= 15 is 0 Å². The van der Waals surface area contributed by atoms with Crippen molar-refractivity contribution in [2.45, 2.75) is 26.2 Å². The van der Waals surface area contributed by atoms with Gasteiger partial charge in [0.15, 0.2) is 0 Å². The molecule has 0 spiro atoms. The number of ether oxygens (including phenoxy) is 1. The standard InChI is InChI=1S/C12H23N3O2/c1-11(13)10-12(16)17-9-3-2-6-15-7-4-14-5-8-15/h13-14H,2-10H2,1H3. The lowest BCUT2D eigenvalue weighted by molar-refractivity contribution is -0.142. The molecule has 1 aliphatic rings. The first-order valence-electron chi connectivity index (χ1n) is 6.31. The van der Waals surface area contributed by atoms with Crippen LogP contribution in [-0.4, -0.2) is 55.9 Å². The van der Waals surface area contributed by atoms with Crippen molar-refractivity contribution >= 4 is 11.7 Å². The molecule has 1 fully saturated rings. The fourth-order valence-electron chi connectivity index (χ4n) is 1.83. The zero-order chi connectivity index (χ0) is 12.5. The van der Waals surface area contributed by atoms with Crippen LogP contribution in [0.15, 0.2) is 0 Å². The molecule has 98 valence electrons. The molecule has 0 aromatic heterocycles. The maximum Gasteiger partial charge on any atom is 0.311 e. The van der Waals surface area contributed by atoms with Crippen molar-refractivity contribution in [3.8, 4) is 0 Å². The van der Waals surface area contributed by atoms with Gasteiger partial charge in [0.1, 0.15) is 0 Å². The zero-order valence-corrected chi connectivity index (χ0v) is 10.6. The van der Waals surface area contributed by atoms with Crippen molar-refractivity contribution in [2.24, 2.45) is 0 Å². The molecule has 0 amide bonds. The zero-order valence-electron chi connectivity index (χ0n) is 10.6. The summed E-state index contributed by atoms with van der Waals surface area (Å²) in [7, 11) is 0. The number of hydrogen-bond acceptors (Lipinski definition) is 5. The van der Waals surface area contributed by atoms with Crippen LogP contribution in [0.25, 0.3) is 0 Å². The van der Waals surface area contributed by atoms with Crippen molar-refractivity contribution in [2.75, 3.05) is 39.3 Å². The van der Waals surface area contributed by atoms with E-state index in [-0.39, 0.29) is 12.4 Å². The van der Waals surface area contributed by atoms with E-state index in [9.17, 15) is 4.79 Å². The second-order valence-corrected chi connectivity index (χ2v) is 4.48. The molecule has 0 unspecified atom stereocenters. The van der Waals surface area contributed by atoms with Crippen LogP contribution in [0.4, 0.5) is 0 Å². The first-order valence-corrected chi connectivity index (χ1v) is 6.31. The molecule has 5 heteroatoms. The van der Waals surface area contributed by atoms with E-state index in [1.807, 2.05) is 0 Å². The van der Waals surface area contributed by atoms with E-state index in [0.717, 1.165) is 45.6 Å². The molecule has 0 aliphatic carbocycles. The third-order valence-electron chi connectivity index (χ3n) is 2.75. The van der Waals surface area contributed by atoms with Gasteiger partial charge >= 0.3 is 5.97 Å². The van der Waals surface area contributed by atoms with Crippen molar-refractivity contribution in [1.29, 1.82) is 5.41 Å². The van der Waals surface area contributed by atoms with Gasteiger partial charge in [0, 0.05) is 31.9 Å². The fraction of sp³-hybridized carbons (Fsp3) is 0.833. The Morgan fingerprint density at radius 1 is 1.35 bits per heavy atom. The Balaban J connectivity index is 1.93. The first kappa shape index (κ1) is 14.1. The number of unbranched alkanes of at least 4 members (excludes halogenated alkanes) is 1. The summed E-state index contributed by atoms with van der Waals surface area (Å²) in [5.74, 6) is -0.278. The number of rotatable bonds is 7. The Labute approximate surface area is 103 Å². The SMILES string of the molecule is CC(=N)CC(=O)OCCCCN1CCNCC1. The molecule has 2 N–H and O–H groups in total. The Kier molecular flexibility index (Phi) is 6.81. The van der Waals surface area contributed by atoms with E-state index in [2.05, 4.69) is 10.2 Å². The van der Waals surface area contributed by atoms with E-state index in [4.69, 9.17) is 10.1 Å². The van der Waals surface area contributed by atoms with Crippen molar-refractivity contribution < 1.29 is 9.53 Å². The molecule has 17 heavy (non-hydrogen) atoms. The van der Waals surface area contributed by atoms with Crippen LogP contribution in [0, 0.1) is 5.41 Å². The fourth-order valence-corrected chi connectivity index (χ4v) is 1.83. The van der Waals surface area contributed by atoms with Crippen molar-refractivity contribution in [3.05, 3.63) is 0 Å². The Hall–Kier alpha value is -0.940. The summed E-state index contributed by atoms with van der Waals surface area (Å²) in [5.41, 5.74) is 0.357. The van der Waals surface area contributed by atoms with Crippen LogP contribution in [0.2, 0.25) is 0 Å². The summed E-state index contributed by atoms with van der Waals surface area (Å²) >= 11 is 0. The maximum atomic E-state index is 11.1. The number of piperazine rings is 1. The summed E-state index contributed by atoms with van der Waals surface area (Å²) in [4.78, 5) is 13.6. The molecule has 1 saturated heterocycles. The Bertz CT molecular complexity index is 250. The molecular formula is C12H23N3O2. The molecule has 0 atom stereocenters. The van der Waals surface area contributed by atoms with Crippen LogP contribution in [-0.2, 0) is 9.53 Å². The predicted octanol–water partition coefficient (Wildman–Crippen LogP) is 0.645. The molecule has 0 saturated carbocycles. The second kappa shape index (κ2) is 8.20. The maximum absolute atomic E-state index is 11.1. The second-order valence-electron chi connectivity index (χ2n) is 4.48. The van der Waals surface area contributed by atoms with Crippen LogP contribution in [0.1, 0.15) is 26.2 Å². The monoisotopic (exact) mass is 241 g/mol. The van der Waals surface area contributed by atoms with Gasteiger partial charge in [-0.25, -0.2) is 0 Å². The number of carbonyl (C=O) groups excluding carboxylic acids is 1. The van der Waals surface area contributed by atoms with Gasteiger partial charge in [-0.15, -0.1) is 0 Å². The van der Waals surface area contributed by atoms with E-state index in [0.29, 0.717) is 12.3 Å². The summed E-state index contributed by atoms with van der Waals surface area (Å²) < 4.78 is 5.03. The van der Waals surface area contributed by atoms with Gasteiger partial charge in [0.25, 0.3) is 0 Å². The van der Waals surface area contributed by atoms with Gasteiger partial charge < -0.3 is 20.4 Å². The minimum absolute atomic E-state index is 0.123. The molecule has 0 aromatic carbocycles. The third-order valence-corrected chi connectivity index (χ3v) is 2.75. The molecular weight excluding hydrogens is 218 g/mol. The number of carbonyl (C=O) groups is 1. The van der Waals surface area contributed by atoms with Gasteiger partial charge in [-0.2, -0.15) is 0 Å². The molecule has 1 heterocycles. The van der Waals surface area contributed by atoms with Gasteiger partial charge in [0.2, 0.25) is 0 Å². The number of nitrogens with one attached hydrogen (secondary N) is 2. The average Bonchev–Trinajstić information content (AvgIpc) is 2.29. The molecule has 1 aliphatic heterocycles. The smallest absolute Gasteiger partial charge is 0.311 e. The van der Waals surface area contributed by atoms with Gasteiger partial charge in [-0.05, 0) is 26.3 Å². The predicted molar refractivity (Wildman–Crippen MR) is 67.5 cm³/mol. The minimum atomic E-state index is -0.278. The first-order chi connectivity index (χ1) is 8.18. The summed E-state index contributed by atoms with van der Waals surface area (Å²) in [6.45, 7) is 7.58. The number of esters is 1. The highest BCUT2D eigenvalue weighted by atomic mass is 16.5. The van der Waals surface area contributed by atoms with Gasteiger partial charge in [-0.1, -0.05) is 0 Å². The number of nitrogens with zero attached hydrogens (tertiary/aromatic N) is 1. The van der Waals surface area contributed by atoms with Crippen molar-refractivity contribution in [1.82, 2.24) is 10.2 Å². The molecule has 0 radical (unpaired) electrons. The lowest BCUT2D eigenvalue weighted by Crippen LogP contribution is -2.43. The van der Waals surface area contributed by atoms with Gasteiger partial charge in [0.05, 0.1) is 13.0 Å². The lowest BCUT2D eigenvalue weighted by atomic mass is 10.2. The van der Waals surface area contributed by atoms with Crippen LogP contribution < -0.4 is 5.32 Å². The summed E-state index contributed by atoms with van der Waals surface area (Å²) in [5, 5.41) is 10.5. The summed E-state index contributed by atoms with van der Waals surface area (Å²) in [6, 6.07) is 0. The quantitative estimate of drug-likeness (QED) is 0.390. The van der Waals surface area contributed by atoms with Crippen molar-refractivity contribution in [3.63, 3.8) is 0 Å². The van der Waals surface area contributed by atoms with Crippen LogP contribution >= 0.6 is 0 Å². The summed E-state index contributed by atoms with van der Waals surface area (Å²) in [6.07, 6.45) is 2.10. The molecule has 0 aromatic rings.